The van der Waals surface area contributed by atoms with Crippen LogP contribution in [0.2, 0.25) is 0 Å². The number of amides is 3. The highest BCUT2D eigenvalue weighted by molar-refractivity contribution is 6.04. The summed E-state index contributed by atoms with van der Waals surface area (Å²) in [6.07, 6.45) is 1.66. The summed E-state index contributed by atoms with van der Waals surface area (Å²) in [5.74, 6) is -2.54. The zero-order valence-corrected chi connectivity index (χ0v) is 14.4. The summed E-state index contributed by atoms with van der Waals surface area (Å²) in [5, 5.41) is 4.53. The van der Waals surface area contributed by atoms with E-state index in [1.54, 1.807) is 61.1 Å². The average molecular weight is 357 g/mol. The van der Waals surface area contributed by atoms with Crippen LogP contribution < -0.4 is 10.6 Å². The van der Waals surface area contributed by atoms with E-state index in [1.807, 2.05) is 0 Å². The zero-order chi connectivity index (χ0) is 19.1. The van der Waals surface area contributed by atoms with E-state index in [-0.39, 0.29) is 6.54 Å². The minimum atomic E-state index is -0.784. The Morgan fingerprint density at radius 2 is 1.77 bits per heavy atom. The van der Waals surface area contributed by atoms with Crippen molar-refractivity contribution in [3.05, 3.63) is 59.4 Å². The molecule has 0 saturated heterocycles. The fourth-order valence-electron chi connectivity index (χ4n) is 2.20. The third kappa shape index (κ3) is 5.04. The van der Waals surface area contributed by atoms with Gasteiger partial charge in [0, 0.05) is 18.8 Å². The molecular formula is C18H19N3O5. The van der Waals surface area contributed by atoms with Crippen molar-refractivity contribution >= 4 is 23.7 Å². The summed E-state index contributed by atoms with van der Waals surface area (Å²) in [7, 11) is 1.66. The van der Waals surface area contributed by atoms with E-state index in [9.17, 15) is 19.2 Å². The number of rotatable bonds is 6. The van der Waals surface area contributed by atoms with Crippen molar-refractivity contribution in [1.82, 2.24) is 15.2 Å². The van der Waals surface area contributed by atoms with Crippen molar-refractivity contribution in [1.29, 1.82) is 0 Å². The van der Waals surface area contributed by atoms with E-state index in [4.69, 9.17) is 4.74 Å². The molecule has 8 heteroatoms. The highest BCUT2D eigenvalue weighted by Crippen LogP contribution is 2.06. The number of ether oxygens (including phenoxy) is 1. The summed E-state index contributed by atoms with van der Waals surface area (Å²) >= 11 is 0. The number of benzene rings is 1. The normalized spacial score (nSPS) is 10.1. The molecule has 0 aliphatic heterocycles. The van der Waals surface area contributed by atoms with Crippen LogP contribution in [0.4, 0.5) is 0 Å². The minimum Gasteiger partial charge on any atom is -0.454 e. The molecule has 1 aromatic heterocycles. The second kappa shape index (κ2) is 8.61. The monoisotopic (exact) mass is 357 g/mol. The molecule has 26 heavy (non-hydrogen) atoms. The Morgan fingerprint density at radius 1 is 1.04 bits per heavy atom. The molecule has 2 aromatic rings. The average Bonchev–Trinajstić information content (AvgIpc) is 3.04. The van der Waals surface area contributed by atoms with Crippen LogP contribution in [-0.4, -0.2) is 41.4 Å². The second-order valence-corrected chi connectivity index (χ2v) is 5.54. The van der Waals surface area contributed by atoms with Gasteiger partial charge in [-0.3, -0.25) is 24.5 Å². The van der Waals surface area contributed by atoms with Crippen molar-refractivity contribution in [2.75, 3.05) is 13.2 Å². The Bertz CT molecular complexity index is 841. The van der Waals surface area contributed by atoms with Crippen molar-refractivity contribution in [3.8, 4) is 0 Å². The second-order valence-electron chi connectivity index (χ2n) is 5.54. The summed E-state index contributed by atoms with van der Waals surface area (Å²) < 4.78 is 6.30. The maximum atomic E-state index is 12.0. The lowest BCUT2D eigenvalue weighted by atomic mass is 10.1. The van der Waals surface area contributed by atoms with Crippen LogP contribution in [-0.2, 0) is 21.4 Å². The smallest absolute Gasteiger partial charge is 0.325 e. The fraction of sp³-hybridized carbons (Fsp3) is 0.222. The molecule has 136 valence electrons. The lowest BCUT2D eigenvalue weighted by molar-refractivity contribution is -0.147. The molecule has 0 fully saturated rings. The quantitative estimate of drug-likeness (QED) is 0.735. The number of carbonyl (C=O) groups is 4. The summed E-state index contributed by atoms with van der Waals surface area (Å²) in [4.78, 5) is 47.1. The SMILES string of the molecule is Cc1ccccc1C(=O)NCC(=O)OCC(=O)NC(=O)c1cccn1C. The Labute approximate surface area is 150 Å². The minimum absolute atomic E-state index is 0.301. The molecule has 8 nitrogen and oxygen atoms in total. The van der Waals surface area contributed by atoms with E-state index in [1.165, 1.54) is 0 Å². The number of esters is 1. The molecule has 2 N–H and O–H groups in total. The molecular weight excluding hydrogens is 338 g/mol. The first-order chi connectivity index (χ1) is 12.4. The lowest BCUT2D eigenvalue weighted by Crippen LogP contribution is -2.37. The highest BCUT2D eigenvalue weighted by Gasteiger charge is 2.15. The van der Waals surface area contributed by atoms with Gasteiger partial charge >= 0.3 is 5.97 Å². The number of imide groups is 1. The van der Waals surface area contributed by atoms with Gasteiger partial charge in [0.25, 0.3) is 17.7 Å². The van der Waals surface area contributed by atoms with Crippen LogP contribution in [0.25, 0.3) is 0 Å². The van der Waals surface area contributed by atoms with Gasteiger partial charge in [-0.2, -0.15) is 0 Å². The Kier molecular flexibility index (Phi) is 6.26. The Balaban J connectivity index is 1.74. The molecule has 0 aliphatic rings. The van der Waals surface area contributed by atoms with Crippen molar-refractivity contribution in [2.24, 2.45) is 7.05 Å². The van der Waals surface area contributed by atoms with Crippen molar-refractivity contribution in [2.45, 2.75) is 6.92 Å². The Morgan fingerprint density at radius 3 is 2.42 bits per heavy atom. The molecule has 0 atom stereocenters. The fourth-order valence-corrected chi connectivity index (χ4v) is 2.20. The topological polar surface area (TPSA) is 106 Å². The van der Waals surface area contributed by atoms with Crippen LogP contribution in [0.5, 0.6) is 0 Å². The van der Waals surface area contributed by atoms with Crippen LogP contribution in [0.15, 0.2) is 42.6 Å². The molecule has 0 aliphatic carbocycles. The van der Waals surface area contributed by atoms with E-state index < -0.39 is 30.3 Å². The predicted molar refractivity (Wildman–Crippen MR) is 92.4 cm³/mol. The molecule has 1 aromatic carbocycles. The zero-order valence-electron chi connectivity index (χ0n) is 14.4. The third-order valence-electron chi connectivity index (χ3n) is 3.58. The van der Waals surface area contributed by atoms with Crippen LogP contribution in [0.1, 0.15) is 26.4 Å². The number of aromatic nitrogens is 1. The molecule has 0 unspecified atom stereocenters. The number of aryl methyl sites for hydroxylation is 2. The highest BCUT2D eigenvalue weighted by atomic mass is 16.5. The maximum Gasteiger partial charge on any atom is 0.325 e. The standard InChI is InChI=1S/C18H19N3O5/c1-12-6-3-4-7-13(12)17(24)19-10-16(23)26-11-15(22)20-18(25)14-8-5-9-21(14)2/h3-9H,10-11H2,1-2H3,(H,19,24)(H,20,22,25). The van der Waals surface area contributed by atoms with Crippen molar-refractivity contribution in [3.63, 3.8) is 0 Å². The largest absolute Gasteiger partial charge is 0.454 e. The first kappa shape index (κ1) is 18.9. The molecule has 3 amide bonds. The number of carbonyl (C=O) groups excluding carboxylic acids is 4. The van der Waals surface area contributed by atoms with Crippen LogP contribution in [0.3, 0.4) is 0 Å². The number of nitrogens with one attached hydrogen (secondary N) is 2. The summed E-state index contributed by atoms with van der Waals surface area (Å²) in [5.41, 5.74) is 1.53. The number of nitrogens with zero attached hydrogens (tertiary/aromatic N) is 1. The molecule has 0 bridgehead atoms. The summed E-state index contributed by atoms with van der Waals surface area (Å²) in [6, 6.07) is 10.1. The van der Waals surface area contributed by atoms with Gasteiger partial charge in [-0.15, -0.1) is 0 Å². The van der Waals surface area contributed by atoms with E-state index in [0.29, 0.717) is 11.3 Å². The van der Waals surface area contributed by atoms with Gasteiger partial charge in [-0.1, -0.05) is 18.2 Å². The van der Waals surface area contributed by atoms with Gasteiger partial charge in [0.1, 0.15) is 12.2 Å². The predicted octanol–water partition coefficient (Wildman–Crippen LogP) is 0.563. The van der Waals surface area contributed by atoms with Gasteiger partial charge in [-0.25, -0.2) is 0 Å². The first-order valence-corrected chi connectivity index (χ1v) is 7.83. The van der Waals surface area contributed by atoms with Gasteiger partial charge in [0.15, 0.2) is 6.61 Å². The van der Waals surface area contributed by atoms with Gasteiger partial charge in [-0.05, 0) is 30.7 Å². The lowest BCUT2D eigenvalue weighted by Gasteiger charge is -2.08. The van der Waals surface area contributed by atoms with Gasteiger partial charge < -0.3 is 14.6 Å². The first-order valence-electron chi connectivity index (χ1n) is 7.83. The number of hydrogen-bond acceptors (Lipinski definition) is 5. The van der Waals surface area contributed by atoms with Crippen LogP contribution in [0, 0.1) is 6.92 Å². The van der Waals surface area contributed by atoms with Gasteiger partial charge in [0.05, 0.1) is 0 Å². The van der Waals surface area contributed by atoms with E-state index >= 15 is 0 Å². The van der Waals surface area contributed by atoms with E-state index in [2.05, 4.69) is 10.6 Å². The maximum absolute atomic E-state index is 12.0. The summed E-state index contributed by atoms with van der Waals surface area (Å²) in [6.45, 7) is 0.781. The van der Waals surface area contributed by atoms with E-state index in [0.717, 1.165) is 5.56 Å². The molecule has 1 heterocycles. The molecule has 0 saturated carbocycles. The molecule has 0 radical (unpaired) electrons. The third-order valence-corrected chi connectivity index (χ3v) is 3.58. The Hall–Kier alpha value is -3.42. The molecule has 0 spiro atoms. The molecule has 2 rings (SSSR count). The van der Waals surface area contributed by atoms with Crippen molar-refractivity contribution < 1.29 is 23.9 Å². The number of hydrogen-bond donors (Lipinski definition) is 2. The van der Waals surface area contributed by atoms with Gasteiger partial charge in [0.2, 0.25) is 0 Å². The van der Waals surface area contributed by atoms with Crippen LogP contribution >= 0.6 is 0 Å².